The van der Waals surface area contributed by atoms with Gasteiger partial charge in [-0.3, -0.25) is 9.59 Å². The minimum absolute atomic E-state index is 0.264. The third-order valence-corrected chi connectivity index (χ3v) is 4.78. The molecule has 1 rings (SSSR count). The normalized spacial score (nSPS) is 11.1. The van der Waals surface area contributed by atoms with Crippen LogP contribution in [-0.2, 0) is 0 Å². The van der Waals surface area contributed by atoms with Crippen LogP contribution >= 0.6 is 23.5 Å². The number of hydrogen-bond acceptors (Lipinski definition) is 4. The molecule has 0 spiro atoms. The minimum atomic E-state index is -0.264. The Bertz CT molecular complexity index is 354. The van der Waals surface area contributed by atoms with E-state index in [1.807, 2.05) is 0 Å². The van der Waals surface area contributed by atoms with Crippen molar-refractivity contribution in [1.82, 2.24) is 0 Å². The first-order chi connectivity index (χ1) is 7.72. The molecule has 0 aliphatic carbocycles. The van der Waals surface area contributed by atoms with Gasteiger partial charge in [-0.05, 0) is 24.3 Å². The summed E-state index contributed by atoms with van der Waals surface area (Å²) in [6, 6.07) is 0. The van der Waals surface area contributed by atoms with E-state index in [9.17, 15) is 9.59 Å². The topological polar surface area (TPSA) is 34.1 Å². The fourth-order valence-electron chi connectivity index (χ4n) is 1.25. The van der Waals surface area contributed by atoms with Crippen LogP contribution in [0.5, 0.6) is 0 Å². The summed E-state index contributed by atoms with van der Waals surface area (Å²) < 4.78 is 0. The number of unbranched alkanes of at least 4 members (excludes halogenated alkanes) is 2. The van der Waals surface area contributed by atoms with Crippen molar-refractivity contribution >= 4 is 23.5 Å². The van der Waals surface area contributed by atoms with Gasteiger partial charge in [0, 0.05) is 0 Å². The van der Waals surface area contributed by atoms with Gasteiger partial charge in [-0.1, -0.05) is 26.7 Å². The van der Waals surface area contributed by atoms with Crippen molar-refractivity contribution in [3.05, 3.63) is 20.4 Å². The van der Waals surface area contributed by atoms with Crippen LogP contribution in [0.3, 0.4) is 0 Å². The quantitative estimate of drug-likeness (QED) is 0.408. The predicted octanol–water partition coefficient (Wildman–Crippen LogP) is 3.07. The molecule has 16 heavy (non-hydrogen) atoms. The Labute approximate surface area is 105 Å². The van der Waals surface area contributed by atoms with E-state index in [0.717, 1.165) is 47.0 Å². The zero-order valence-corrected chi connectivity index (χ0v) is 11.5. The first-order valence-electron chi connectivity index (χ1n) is 5.81. The maximum atomic E-state index is 11.4. The van der Waals surface area contributed by atoms with Gasteiger partial charge in [-0.15, -0.1) is 23.5 Å². The highest BCUT2D eigenvalue weighted by atomic mass is 32.2. The van der Waals surface area contributed by atoms with E-state index in [1.165, 1.54) is 0 Å². The van der Waals surface area contributed by atoms with Crippen LogP contribution in [0, 0.1) is 0 Å². The van der Waals surface area contributed by atoms with Crippen molar-refractivity contribution in [2.75, 3.05) is 11.5 Å². The van der Waals surface area contributed by atoms with E-state index >= 15 is 0 Å². The zero-order chi connectivity index (χ0) is 12.0. The number of hydrogen-bond donors (Lipinski definition) is 0. The highest BCUT2D eigenvalue weighted by Crippen LogP contribution is 2.28. The summed E-state index contributed by atoms with van der Waals surface area (Å²) in [6.07, 6.45) is 4.45. The van der Waals surface area contributed by atoms with Gasteiger partial charge >= 0.3 is 0 Å². The van der Waals surface area contributed by atoms with Crippen LogP contribution in [0.15, 0.2) is 19.4 Å². The molecule has 0 aliphatic rings. The zero-order valence-electron chi connectivity index (χ0n) is 9.88. The Kier molecular flexibility index (Phi) is 6.21. The third-order valence-electron chi connectivity index (χ3n) is 2.31. The van der Waals surface area contributed by atoms with E-state index < -0.39 is 0 Å². The summed E-state index contributed by atoms with van der Waals surface area (Å²) in [5.74, 6) is 1.89. The Balaban J connectivity index is 2.52. The van der Waals surface area contributed by atoms with Crippen molar-refractivity contribution in [2.45, 2.75) is 49.3 Å². The van der Waals surface area contributed by atoms with Gasteiger partial charge in [0.15, 0.2) is 0 Å². The lowest BCUT2D eigenvalue weighted by atomic mass is 10.3. The molecule has 0 heterocycles. The molecular weight excluding hydrogens is 240 g/mol. The number of thioether (sulfide) groups is 2. The molecule has 1 aromatic carbocycles. The molecular formula is C12H18O2S2. The summed E-state index contributed by atoms with van der Waals surface area (Å²) in [6.45, 7) is 4.25. The lowest BCUT2D eigenvalue weighted by molar-refractivity contribution is 0.888. The second-order valence-electron chi connectivity index (χ2n) is 3.72. The molecule has 0 radical (unpaired) electrons. The fourth-order valence-corrected chi connectivity index (χ4v) is 3.77. The summed E-state index contributed by atoms with van der Waals surface area (Å²) in [5.41, 5.74) is -0.528. The molecule has 0 atom stereocenters. The molecule has 4 heteroatoms. The van der Waals surface area contributed by atoms with Crippen molar-refractivity contribution in [3.8, 4) is 0 Å². The van der Waals surface area contributed by atoms with E-state index in [2.05, 4.69) is 13.8 Å². The molecule has 90 valence electrons. The molecule has 0 aromatic heterocycles. The van der Waals surface area contributed by atoms with Crippen LogP contribution in [0.25, 0.3) is 0 Å². The highest BCUT2D eigenvalue weighted by Gasteiger charge is 2.20. The van der Waals surface area contributed by atoms with Crippen molar-refractivity contribution in [2.24, 2.45) is 0 Å². The first-order valence-corrected chi connectivity index (χ1v) is 7.78. The third kappa shape index (κ3) is 3.39. The average Bonchev–Trinajstić information content (AvgIpc) is 2.31. The van der Waals surface area contributed by atoms with E-state index in [-0.39, 0.29) is 10.9 Å². The molecule has 0 N–H and O–H groups in total. The summed E-state index contributed by atoms with van der Waals surface area (Å²) in [5, 5.41) is 0. The Morgan fingerprint density at radius 1 is 0.812 bits per heavy atom. The van der Waals surface area contributed by atoms with Gasteiger partial charge in [0.25, 0.3) is 0 Å². The Morgan fingerprint density at radius 2 is 1.19 bits per heavy atom. The Hall–Kier alpha value is -0.220. The second kappa shape index (κ2) is 7.17. The van der Waals surface area contributed by atoms with Gasteiger partial charge in [0.05, 0.1) is 9.79 Å². The van der Waals surface area contributed by atoms with Gasteiger partial charge in [0.2, 0.25) is 10.9 Å². The van der Waals surface area contributed by atoms with E-state index in [0.29, 0.717) is 0 Å². The second-order valence-corrected chi connectivity index (χ2v) is 5.93. The van der Waals surface area contributed by atoms with Crippen molar-refractivity contribution in [3.63, 3.8) is 0 Å². The van der Waals surface area contributed by atoms with Crippen LogP contribution in [0.4, 0.5) is 0 Å². The smallest absolute Gasteiger partial charge is 0.241 e. The molecule has 0 fully saturated rings. The lowest BCUT2D eigenvalue weighted by Crippen LogP contribution is -2.34. The monoisotopic (exact) mass is 258 g/mol. The largest absolute Gasteiger partial charge is 0.284 e. The molecule has 0 saturated carbocycles. The molecule has 2 nitrogen and oxygen atoms in total. The van der Waals surface area contributed by atoms with E-state index in [4.69, 9.17) is 0 Å². The standard InChI is InChI=1S/C12H18O2S2/c1-3-5-7-15-11-9(13)10(14)12(11)16-8-6-4-2/h3-8H2,1-2H3. The average molecular weight is 258 g/mol. The molecule has 0 unspecified atom stereocenters. The van der Waals surface area contributed by atoms with Crippen molar-refractivity contribution < 1.29 is 0 Å². The molecule has 0 aliphatic heterocycles. The van der Waals surface area contributed by atoms with Crippen LogP contribution in [0.2, 0.25) is 0 Å². The minimum Gasteiger partial charge on any atom is -0.284 e. The maximum absolute atomic E-state index is 11.4. The van der Waals surface area contributed by atoms with Gasteiger partial charge in [0.1, 0.15) is 0 Å². The van der Waals surface area contributed by atoms with Crippen LogP contribution in [0.1, 0.15) is 39.5 Å². The van der Waals surface area contributed by atoms with Gasteiger partial charge < -0.3 is 0 Å². The lowest BCUT2D eigenvalue weighted by Gasteiger charge is -2.09. The number of rotatable bonds is 8. The van der Waals surface area contributed by atoms with Crippen LogP contribution in [-0.4, -0.2) is 11.5 Å². The Morgan fingerprint density at radius 3 is 1.50 bits per heavy atom. The summed E-state index contributed by atoms with van der Waals surface area (Å²) >= 11 is 3.11. The van der Waals surface area contributed by atoms with E-state index in [1.54, 1.807) is 23.5 Å². The van der Waals surface area contributed by atoms with Gasteiger partial charge in [-0.2, -0.15) is 0 Å². The summed E-state index contributed by atoms with van der Waals surface area (Å²) in [7, 11) is 0. The maximum Gasteiger partial charge on any atom is 0.241 e. The molecule has 0 bridgehead atoms. The highest BCUT2D eigenvalue weighted by molar-refractivity contribution is 8.02. The van der Waals surface area contributed by atoms with Crippen LogP contribution < -0.4 is 10.9 Å². The van der Waals surface area contributed by atoms with Gasteiger partial charge in [-0.25, -0.2) is 0 Å². The summed E-state index contributed by atoms with van der Waals surface area (Å²) in [4.78, 5) is 24.2. The SMILES string of the molecule is CCCCSc1c(SCCCC)c(=O)c1=O. The fraction of sp³-hybridized carbons (Fsp3) is 0.667. The molecule has 0 saturated heterocycles. The van der Waals surface area contributed by atoms with Crippen molar-refractivity contribution in [1.29, 1.82) is 0 Å². The molecule has 0 amide bonds. The predicted molar refractivity (Wildman–Crippen MR) is 72.6 cm³/mol. The first kappa shape index (κ1) is 13.8. The molecule has 1 aromatic rings.